The lowest BCUT2D eigenvalue weighted by Gasteiger charge is -2.19. The molecule has 0 bridgehead atoms. The van der Waals surface area contributed by atoms with E-state index in [0.29, 0.717) is 11.4 Å². The molecule has 0 aromatic heterocycles. The Morgan fingerprint density at radius 3 is 3.05 bits per heavy atom. The van der Waals surface area contributed by atoms with Gasteiger partial charge in [-0.05, 0) is 31.2 Å². The molecule has 1 aromatic carbocycles. The second-order valence-electron chi connectivity index (χ2n) is 4.46. The minimum absolute atomic E-state index is 0.109. The highest BCUT2D eigenvalue weighted by Gasteiger charge is 2.15. The zero-order valence-electron chi connectivity index (χ0n) is 10.7. The molecule has 0 unspecified atom stereocenters. The number of nitrogens with zero attached hydrogens (tertiary/aromatic N) is 1. The molecule has 1 fully saturated rings. The van der Waals surface area contributed by atoms with Crippen LogP contribution in [0, 0.1) is 5.82 Å². The maximum absolute atomic E-state index is 12.9. The number of hydrogen-bond acceptors (Lipinski definition) is 4. The SMILES string of the molecule is Nc1cc(F)ccc1SCC(=O)N1CCCNCC1. The largest absolute Gasteiger partial charge is 0.398 e. The summed E-state index contributed by atoms with van der Waals surface area (Å²) in [5.74, 6) is 0.0970. The van der Waals surface area contributed by atoms with Gasteiger partial charge < -0.3 is 16.0 Å². The molecular weight excluding hydrogens is 265 g/mol. The average molecular weight is 283 g/mol. The Morgan fingerprint density at radius 2 is 2.26 bits per heavy atom. The summed E-state index contributed by atoms with van der Waals surface area (Å²) in [5, 5.41) is 3.26. The summed E-state index contributed by atoms with van der Waals surface area (Å²) in [6.45, 7) is 3.35. The van der Waals surface area contributed by atoms with Gasteiger partial charge in [0.2, 0.25) is 5.91 Å². The minimum Gasteiger partial charge on any atom is -0.398 e. The second-order valence-corrected chi connectivity index (χ2v) is 5.47. The van der Waals surface area contributed by atoms with Gasteiger partial charge in [-0.1, -0.05) is 0 Å². The lowest BCUT2D eigenvalue weighted by atomic mass is 10.3. The van der Waals surface area contributed by atoms with Crippen LogP contribution in [0.3, 0.4) is 0 Å². The molecule has 0 spiro atoms. The third kappa shape index (κ3) is 4.11. The minimum atomic E-state index is -0.355. The van der Waals surface area contributed by atoms with Crippen molar-refractivity contribution in [3.05, 3.63) is 24.0 Å². The zero-order valence-corrected chi connectivity index (χ0v) is 11.5. The Balaban J connectivity index is 1.88. The van der Waals surface area contributed by atoms with E-state index in [4.69, 9.17) is 5.73 Å². The first kappa shape index (κ1) is 14.1. The number of rotatable bonds is 3. The Bertz CT molecular complexity index is 448. The summed E-state index contributed by atoms with van der Waals surface area (Å²) in [4.78, 5) is 14.7. The van der Waals surface area contributed by atoms with Crippen molar-refractivity contribution in [3.63, 3.8) is 0 Å². The summed E-state index contributed by atoms with van der Waals surface area (Å²) in [7, 11) is 0. The van der Waals surface area contributed by atoms with Crippen LogP contribution >= 0.6 is 11.8 Å². The predicted molar refractivity (Wildman–Crippen MR) is 75.6 cm³/mol. The van der Waals surface area contributed by atoms with Crippen LogP contribution in [0.5, 0.6) is 0 Å². The Kier molecular flexibility index (Phi) is 5.04. The Hall–Kier alpha value is -1.27. The van der Waals surface area contributed by atoms with Crippen molar-refractivity contribution >= 4 is 23.4 Å². The van der Waals surface area contributed by atoms with Gasteiger partial charge in [0.05, 0.1) is 5.75 Å². The molecule has 2 rings (SSSR count). The normalized spacial score (nSPS) is 16.2. The number of anilines is 1. The van der Waals surface area contributed by atoms with Crippen molar-refractivity contribution < 1.29 is 9.18 Å². The molecule has 1 amide bonds. The van der Waals surface area contributed by atoms with Crippen molar-refractivity contribution in [1.29, 1.82) is 0 Å². The molecule has 4 nitrogen and oxygen atoms in total. The number of benzene rings is 1. The summed E-state index contributed by atoms with van der Waals surface area (Å²) in [6, 6.07) is 4.26. The van der Waals surface area contributed by atoms with Gasteiger partial charge in [-0.2, -0.15) is 0 Å². The molecule has 1 heterocycles. The fraction of sp³-hybridized carbons (Fsp3) is 0.462. The maximum Gasteiger partial charge on any atom is 0.232 e. The molecule has 104 valence electrons. The van der Waals surface area contributed by atoms with Gasteiger partial charge in [0.25, 0.3) is 0 Å². The number of carbonyl (C=O) groups excluding carboxylic acids is 1. The third-order valence-corrected chi connectivity index (χ3v) is 4.09. The molecule has 0 atom stereocenters. The smallest absolute Gasteiger partial charge is 0.232 e. The number of halogens is 1. The van der Waals surface area contributed by atoms with E-state index in [1.54, 1.807) is 6.07 Å². The number of thioether (sulfide) groups is 1. The van der Waals surface area contributed by atoms with Gasteiger partial charge >= 0.3 is 0 Å². The van der Waals surface area contributed by atoms with E-state index in [1.165, 1.54) is 23.9 Å². The number of carbonyl (C=O) groups is 1. The van der Waals surface area contributed by atoms with Crippen LogP contribution in [-0.2, 0) is 4.79 Å². The highest BCUT2D eigenvalue weighted by atomic mass is 32.2. The van der Waals surface area contributed by atoms with E-state index in [2.05, 4.69) is 5.32 Å². The molecule has 0 aliphatic carbocycles. The van der Waals surface area contributed by atoms with Crippen LogP contribution in [-0.4, -0.2) is 42.7 Å². The molecule has 19 heavy (non-hydrogen) atoms. The molecule has 1 aliphatic rings. The van der Waals surface area contributed by atoms with Crippen LogP contribution in [0.4, 0.5) is 10.1 Å². The summed E-state index contributed by atoms with van der Waals surface area (Å²) in [5.41, 5.74) is 6.10. The summed E-state index contributed by atoms with van der Waals surface area (Å²) < 4.78 is 12.9. The van der Waals surface area contributed by atoms with Crippen molar-refractivity contribution in [1.82, 2.24) is 10.2 Å². The van der Waals surface area contributed by atoms with Crippen molar-refractivity contribution in [2.75, 3.05) is 37.7 Å². The van der Waals surface area contributed by atoms with E-state index in [9.17, 15) is 9.18 Å². The number of nitrogens with two attached hydrogens (primary N) is 1. The molecular formula is C13H18FN3OS. The highest BCUT2D eigenvalue weighted by Crippen LogP contribution is 2.25. The first-order valence-electron chi connectivity index (χ1n) is 6.33. The molecule has 1 aromatic rings. The summed E-state index contributed by atoms with van der Waals surface area (Å²) in [6.07, 6.45) is 0.981. The van der Waals surface area contributed by atoms with Crippen molar-refractivity contribution in [3.8, 4) is 0 Å². The van der Waals surface area contributed by atoms with Crippen molar-refractivity contribution in [2.24, 2.45) is 0 Å². The van der Waals surface area contributed by atoms with Gasteiger partial charge in [0.15, 0.2) is 0 Å². The number of nitrogens with one attached hydrogen (secondary N) is 1. The fourth-order valence-corrected chi connectivity index (χ4v) is 2.83. The van der Waals surface area contributed by atoms with E-state index >= 15 is 0 Å². The van der Waals surface area contributed by atoms with Crippen LogP contribution in [0.15, 0.2) is 23.1 Å². The molecule has 6 heteroatoms. The number of nitrogen functional groups attached to an aromatic ring is 1. The molecule has 0 radical (unpaired) electrons. The zero-order chi connectivity index (χ0) is 13.7. The van der Waals surface area contributed by atoms with Crippen molar-refractivity contribution in [2.45, 2.75) is 11.3 Å². The number of amides is 1. The van der Waals surface area contributed by atoms with Gasteiger partial charge in [-0.25, -0.2) is 4.39 Å². The topological polar surface area (TPSA) is 58.4 Å². The average Bonchev–Trinajstić information content (AvgIpc) is 2.66. The Labute approximate surface area is 116 Å². The van der Waals surface area contributed by atoms with Crippen LogP contribution in [0.25, 0.3) is 0 Å². The van der Waals surface area contributed by atoms with Gasteiger partial charge in [0.1, 0.15) is 5.82 Å². The highest BCUT2D eigenvalue weighted by molar-refractivity contribution is 8.00. The van der Waals surface area contributed by atoms with Crippen LogP contribution in [0.1, 0.15) is 6.42 Å². The first-order chi connectivity index (χ1) is 9.16. The third-order valence-electron chi connectivity index (χ3n) is 3.02. The van der Waals surface area contributed by atoms with E-state index in [1.807, 2.05) is 4.90 Å². The quantitative estimate of drug-likeness (QED) is 0.649. The number of hydrogen-bond donors (Lipinski definition) is 2. The fourth-order valence-electron chi connectivity index (χ4n) is 1.98. The van der Waals surface area contributed by atoms with Gasteiger partial charge in [-0.15, -0.1) is 11.8 Å². The lowest BCUT2D eigenvalue weighted by Crippen LogP contribution is -2.35. The second kappa shape index (κ2) is 6.77. The van der Waals surface area contributed by atoms with E-state index in [0.717, 1.165) is 37.5 Å². The van der Waals surface area contributed by atoms with Crippen LogP contribution < -0.4 is 11.1 Å². The summed E-state index contributed by atoms with van der Waals surface area (Å²) >= 11 is 1.36. The molecule has 1 aliphatic heterocycles. The van der Waals surface area contributed by atoms with E-state index in [-0.39, 0.29) is 11.7 Å². The van der Waals surface area contributed by atoms with Crippen LogP contribution in [0.2, 0.25) is 0 Å². The lowest BCUT2D eigenvalue weighted by molar-refractivity contribution is -0.128. The molecule has 1 saturated heterocycles. The van der Waals surface area contributed by atoms with Gasteiger partial charge in [-0.3, -0.25) is 4.79 Å². The maximum atomic E-state index is 12.9. The Morgan fingerprint density at radius 1 is 1.42 bits per heavy atom. The standard InChI is InChI=1S/C13H18FN3OS/c14-10-2-3-12(11(15)8-10)19-9-13(18)17-6-1-4-16-5-7-17/h2-3,8,16H,1,4-7,9,15H2. The van der Waals surface area contributed by atoms with Gasteiger partial charge in [0, 0.05) is 30.2 Å². The predicted octanol–water partition coefficient (Wildman–Crippen LogP) is 1.32. The first-order valence-corrected chi connectivity index (χ1v) is 7.31. The molecule has 3 N–H and O–H groups in total. The molecule has 0 saturated carbocycles. The van der Waals surface area contributed by atoms with E-state index < -0.39 is 0 Å². The monoisotopic (exact) mass is 283 g/mol.